The van der Waals surface area contributed by atoms with E-state index in [1.807, 2.05) is 0 Å². The number of amides is 1. The molecule has 1 amide bonds. The van der Waals surface area contributed by atoms with E-state index >= 15 is 0 Å². The van der Waals surface area contributed by atoms with Crippen LogP contribution in [-0.2, 0) is 4.79 Å². The Labute approximate surface area is 85.2 Å². The Hall–Kier alpha value is -1.31. The molecule has 0 heterocycles. The fourth-order valence-electron chi connectivity index (χ4n) is 1.39. The molecule has 2 heteroatoms. The van der Waals surface area contributed by atoms with Crippen LogP contribution in [0.5, 0.6) is 0 Å². The van der Waals surface area contributed by atoms with Gasteiger partial charge in [-0.25, -0.2) is 0 Å². The third-order valence-corrected chi connectivity index (χ3v) is 2.28. The van der Waals surface area contributed by atoms with Gasteiger partial charge in [-0.05, 0) is 26.2 Å². The second-order valence-corrected chi connectivity index (χ2v) is 3.64. The van der Waals surface area contributed by atoms with Crippen LogP contribution in [-0.4, -0.2) is 5.91 Å². The topological polar surface area (TPSA) is 43.1 Å². The van der Waals surface area contributed by atoms with Crippen LogP contribution in [0.2, 0.25) is 0 Å². The van der Waals surface area contributed by atoms with Gasteiger partial charge in [-0.2, -0.15) is 0 Å². The lowest BCUT2D eigenvalue weighted by Crippen LogP contribution is -2.09. The first-order chi connectivity index (χ1) is 6.68. The lowest BCUT2D eigenvalue weighted by molar-refractivity contribution is -0.117. The highest BCUT2D eigenvalue weighted by molar-refractivity contribution is 5.74. The second kappa shape index (κ2) is 5.43. The van der Waals surface area contributed by atoms with E-state index in [9.17, 15) is 4.79 Å². The van der Waals surface area contributed by atoms with E-state index in [4.69, 9.17) is 5.73 Å². The molecule has 0 saturated carbocycles. The van der Waals surface area contributed by atoms with Crippen molar-refractivity contribution < 1.29 is 4.79 Å². The van der Waals surface area contributed by atoms with Crippen LogP contribution in [0.4, 0.5) is 0 Å². The van der Waals surface area contributed by atoms with Crippen molar-refractivity contribution in [2.24, 2.45) is 5.73 Å². The molecule has 76 valence electrons. The molecule has 1 rings (SSSR count). The second-order valence-electron chi connectivity index (χ2n) is 3.64. The van der Waals surface area contributed by atoms with Gasteiger partial charge in [-0.15, -0.1) is 0 Å². The zero-order valence-electron chi connectivity index (χ0n) is 8.62. The molecule has 0 aromatic carbocycles. The summed E-state index contributed by atoms with van der Waals surface area (Å²) < 4.78 is 0. The Morgan fingerprint density at radius 2 is 2.29 bits per heavy atom. The van der Waals surface area contributed by atoms with Crippen LogP contribution in [0.3, 0.4) is 0 Å². The molecular weight excluding hydrogens is 174 g/mol. The molecular formula is C12H17NO. The average molecular weight is 191 g/mol. The average Bonchev–Trinajstić information content (AvgIpc) is 2.11. The largest absolute Gasteiger partial charge is 0.370 e. The number of primary amides is 1. The molecule has 0 spiro atoms. The summed E-state index contributed by atoms with van der Waals surface area (Å²) in [5.41, 5.74) is 7.70. The molecule has 14 heavy (non-hydrogen) atoms. The van der Waals surface area contributed by atoms with Crippen LogP contribution >= 0.6 is 0 Å². The van der Waals surface area contributed by atoms with Crippen molar-refractivity contribution >= 4 is 5.91 Å². The Balaban J connectivity index is 2.55. The van der Waals surface area contributed by atoms with Gasteiger partial charge < -0.3 is 5.73 Å². The lowest BCUT2D eigenvalue weighted by atomic mass is 10.0. The first-order valence-corrected chi connectivity index (χ1v) is 4.98. The van der Waals surface area contributed by atoms with E-state index in [2.05, 4.69) is 31.2 Å². The number of hydrogen-bond donors (Lipinski definition) is 1. The van der Waals surface area contributed by atoms with Crippen molar-refractivity contribution in [3.05, 3.63) is 35.5 Å². The zero-order valence-corrected chi connectivity index (χ0v) is 8.62. The highest BCUT2D eigenvalue weighted by atomic mass is 16.1. The number of hydrogen-bond acceptors (Lipinski definition) is 1. The maximum Gasteiger partial charge on any atom is 0.217 e. The Morgan fingerprint density at radius 3 is 3.00 bits per heavy atom. The molecule has 1 aliphatic rings. The normalized spacial score (nSPS) is 26.4. The minimum Gasteiger partial charge on any atom is -0.370 e. The standard InChI is InChI=1S/C12H17NO/c1-10-4-2-3-5-11(7-6-10)8-9-12(13)14/h3-5,7H,2,6,8-9H2,1H3,(H2,13,14)/b5-3-,10-4+,11-7+. The number of nitrogens with two attached hydrogens (primary N) is 1. The summed E-state index contributed by atoms with van der Waals surface area (Å²) in [5, 5.41) is 0. The maximum atomic E-state index is 10.6. The van der Waals surface area contributed by atoms with Crippen LogP contribution in [0.1, 0.15) is 32.6 Å². The van der Waals surface area contributed by atoms with Crippen molar-refractivity contribution in [1.82, 2.24) is 0 Å². The van der Waals surface area contributed by atoms with Gasteiger partial charge in [0.25, 0.3) is 0 Å². The van der Waals surface area contributed by atoms with Crippen LogP contribution in [0.15, 0.2) is 35.5 Å². The van der Waals surface area contributed by atoms with Crippen LogP contribution < -0.4 is 5.73 Å². The van der Waals surface area contributed by atoms with Gasteiger partial charge in [0, 0.05) is 6.42 Å². The molecule has 0 saturated heterocycles. The minimum atomic E-state index is -0.228. The summed E-state index contributed by atoms with van der Waals surface area (Å²) in [6.07, 6.45) is 11.8. The van der Waals surface area contributed by atoms with Gasteiger partial charge in [0.2, 0.25) is 5.91 Å². The highest BCUT2D eigenvalue weighted by Gasteiger charge is 1.99. The fraction of sp³-hybridized carbons (Fsp3) is 0.417. The first-order valence-electron chi connectivity index (χ1n) is 4.98. The Bertz CT molecular complexity index is 297. The van der Waals surface area contributed by atoms with Crippen molar-refractivity contribution in [2.45, 2.75) is 32.6 Å². The lowest BCUT2D eigenvalue weighted by Gasteiger charge is -2.04. The smallest absolute Gasteiger partial charge is 0.217 e. The van der Waals surface area contributed by atoms with Gasteiger partial charge in [-0.3, -0.25) is 4.79 Å². The highest BCUT2D eigenvalue weighted by Crippen LogP contribution is 2.14. The van der Waals surface area contributed by atoms with E-state index in [1.54, 1.807) is 0 Å². The van der Waals surface area contributed by atoms with E-state index in [0.717, 1.165) is 19.3 Å². The molecule has 0 bridgehead atoms. The van der Waals surface area contributed by atoms with E-state index in [-0.39, 0.29) is 5.91 Å². The van der Waals surface area contributed by atoms with Crippen LogP contribution in [0.25, 0.3) is 0 Å². The minimum absolute atomic E-state index is 0.228. The maximum absolute atomic E-state index is 10.6. The van der Waals surface area contributed by atoms with Crippen molar-refractivity contribution in [3.63, 3.8) is 0 Å². The molecule has 2 nitrogen and oxygen atoms in total. The third kappa shape index (κ3) is 4.08. The van der Waals surface area contributed by atoms with Gasteiger partial charge in [0.05, 0.1) is 0 Å². The SMILES string of the molecule is C/C1=C\C/C=C\C(CCC(N)=O)=C/C1. The monoisotopic (exact) mass is 191 g/mol. The number of allylic oxidation sites excluding steroid dienone is 6. The van der Waals surface area contributed by atoms with Crippen molar-refractivity contribution in [1.29, 1.82) is 0 Å². The summed E-state index contributed by atoms with van der Waals surface area (Å²) in [6.45, 7) is 2.13. The quantitative estimate of drug-likeness (QED) is 0.684. The Morgan fingerprint density at radius 1 is 1.50 bits per heavy atom. The Kier molecular flexibility index (Phi) is 4.17. The number of carbonyl (C=O) groups is 1. The summed E-state index contributed by atoms with van der Waals surface area (Å²) in [5.74, 6) is -0.228. The third-order valence-electron chi connectivity index (χ3n) is 2.28. The molecule has 0 unspecified atom stereocenters. The number of carbonyl (C=O) groups excluding carboxylic acids is 1. The van der Waals surface area contributed by atoms with E-state index in [0.29, 0.717) is 6.42 Å². The summed E-state index contributed by atoms with van der Waals surface area (Å²) >= 11 is 0. The summed E-state index contributed by atoms with van der Waals surface area (Å²) in [4.78, 5) is 10.6. The van der Waals surface area contributed by atoms with E-state index in [1.165, 1.54) is 11.1 Å². The zero-order chi connectivity index (χ0) is 10.4. The van der Waals surface area contributed by atoms with Gasteiger partial charge in [0.15, 0.2) is 0 Å². The molecule has 0 aromatic heterocycles. The van der Waals surface area contributed by atoms with Crippen LogP contribution in [0, 0.1) is 0 Å². The molecule has 0 aliphatic heterocycles. The summed E-state index contributed by atoms with van der Waals surface area (Å²) in [6, 6.07) is 0. The molecule has 0 atom stereocenters. The predicted octanol–water partition coefficient (Wildman–Crippen LogP) is 2.47. The number of rotatable bonds is 3. The van der Waals surface area contributed by atoms with Crippen molar-refractivity contribution in [2.75, 3.05) is 0 Å². The van der Waals surface area contributed by atoms with Gasteiger partial charge in [-0.1, -0.05) is 35.5 Å². The molecule has 1 aliphatic carbocycles. The molecule has 0 radical (unpaired) electrons. The molecule has 0 fully saturated rings. The first kappa shape index (κ1) is 10.8. The predicted molar refractivity (Wildman–Crippen MR) is 58.6 cm³/mol. The fourth-order valence-corrected chi connectivity index (χ4v) is 1.39. The van der Waals surface area contributed by atoms with Gasteiger partial charge >= 0.3 is 0 Å². The van der Waals surface area contributed by atoms with E-state index < -0.39 is 0 Å². The van der Waals surface area contributed by atoms with Gasteiger partial charge in [0.1, 0.15) is 0 Å². The summed E-state index contributed by atoms with van der Waals surface area (Å²) in [7, 11) is 0. The molecule has 0 aromatic rings. The van der Waals surface area contributed by atoms with Crippen molar-refractivity contribution in [3.8, 4) is 0 Å². The molecule has 2 N–H and O–H groups in total.